The van der Waals surface area contributed by atoms with Gasteiger partial charge >= 0.3 is 5.97 Å². The fourth-order valence-electron chi connectivity index (χ4n) is 3.82. The van der Waals surface area contributed by atoms with Crippen molar-refractivity contribution in [3.05, 3.63) is 65.9 Å². The smallest absolute Gasteiger partial charge is 0.309 e. The second-order valence-electron chi connectivity index (χ2n) is 8.17. The molecule has 0 aliphatic carbocycles. The predicted molar refractivity (Wildman–Crippen MR) is 123 cm³/mol. The highest BCUT2D eigenvalue weighted by Crippen LogP contribution is 2.39. The molecule has 0 amide bonds. The number of carbonyl (C=O) groups is 1. The molecule has 1 aromatic heterocycles. The number of hydrogen-bond donors (Lipinski definition) is 1. The minimum absolute atomic E-state index is 0.0290. The predicted octanol–water partition coefficient (Wildman–Crippen LogP) is 5.24. The van der Waals surface area contributed by atoms with Gasteiger partial charge in [-0.1, -0.05) is 32.0 Å². The van der Waals surface area contributed by atoms with Gasteiger partial charge < -0.3 is 19.3 Å². The minimum Gasteiger partial charge on any atom is -0.497 e. The van der Waals surface area contributed by atoms with Crippen LogP contribution >= 0.6 is 0 Å². The van der Waals surface area contributed by atoms with Crippen LogP contribution in [0.25, 0.3) is 17.0 Å². The lowest BCUT2D eigenvalue weighted by Crippen LogP contribution is -2.31. The zero-order chi connectivity index (χ0) is 22.7. The first-order valence-corrected chi connectivity index (χ1v) is 10.7. The Bertz CT molecular complexity index is 1140. The van der Waals surface area contributed by atoms with Gasteiger partial charge in [-0.25, -0.2) is 0 Å². The Hall–Kier alpha value is -3.38. The zero-order valence-electron chi connectivity index (χ0n) is 18.4. The van der Waals surface area contributed by atoms with Crippen molar-refractivity contribution in [2.45, 2.75) is 44.8 Å². The quantitative estimate of drug-likeness (QED) is 0.536. The summed E-state index contributed by atoms with van der Waals surface area (Å²) >= 11 is 0. The van der Waals surface area contributed by atoms with Crippen molar-refractivity contribution < 1.29 is 24.1 Å². The number of cyclic esters (lactones) is 1. The lowest BCUT2D eigenvalue weighted by atomic mass is 9.98. The summed E-state index contributed by atoms with van der Waals surface area (Å²) in [5, 5.41) is 10.8. The van der Waals surface area contributed by atoms with Gasteiger partial charge in [-0.05, 0) is 48.4 Å². The molecule has 1 saturated heterocycles. The first-order valence-electron chi connectivity index (χ1n) is 10.7. The molecule has 1 fully saturated rings. The number of methoxy groups -OCH3 is 1. The van der Waals surface area contributed by atoms with Crippen LogP contribution in [0.1, 0.15) is 43.9 Å². The van der Waals surface area contributed by atoms with Crippen LogP contribution in [0.4, 0.5) is 0 Å². The van der Waals surface area contributed by atoms with E-state index in [2.05, 4.69) is 13.8 Å². The number of para-hydroxylation sites is 1. The molecule has 0 unspecified atom stereocenters. The number of ether oxygens (including phenoxy) is 3. The Morgan fingerprint density at radius 1 is 1.16 bits per heavy atom. The number of aliphatic hydroxyl groups is 1. The van der Waals surface area contributed by atoms with Crippen molar-refractivity contribution in [1.29, 1.82) is 0 Å². The van der Waals surface area contributed by atoms with E-state index in [4.69, 9.17) is 19.2 Å². The highest BCUT2D eigenvalue weighted by atomic mass is 16.5. The molecular weight excluding hydrogens is 406 g/mol. The van der Waals surface area contributed by atoms with E-state index in [-0.39, 0.29) is 12.3 Å². The molecule has 0 saturated carbocycles. The SMILES string of the molecule is COc1ccc2nc(C(C)C)c(/C=C/[C@@H]3C[C@@H](O)CC(=O)O3)c(Oc3ccccc3)c2c1. The third kappa shape index (κ3) is 4.75. The number of pyridine rings is 1. The van der Waals surface area contributed by atoms with Crippen molar-refractivity contribution in [3.8, 4) is 17.2 Å². The molecule has 0 bridgehead atoms. The molecule has 2 aromatic carbocycles. The van der Waals surface area contributed by atoms with Gasteiger partial charge in [0, 0.05) is 17.4 Å². The van der Waals surface area contributed by atoms with Gasteiger partial charge in [-0.2, -0.15) is 0 Å². The normalized spacial score (nSPS) is 18.8. The van der Waals surface area contributed by atoms with Gasteiger partial charge in [0.15, 0.2) is 0 Å². The van der Waals surface area contributed by atoms with Gasteiger partial charge in [0.25, 0.3) is 0 Å². The van der Waals surface area contributed by atoms with Crippen LogP contribution < -0.4 is 9.47 Å². The van der Waals surface area contributed by atoms with E-state index in [9.17, 15) is 9.90 Å². The van der Waals surface area contributed by atoms with E-state index in [1.54, 1.807) is 13.2 Å². The Labute approximate surface area is 187 Å². The molecule has 1 aliphatic heterocycles. The van der Waals surface area contributed by atoms with E-state index in [0.717, 1.165) is 22.2 Å². The van der Waals surface area contributed by atoms with Crippen molar-refractivity contribution in [3.63, 3.8) is 0 Å². The van der Waals surface area contributed by atoms with Crippen LogP contribution in [-0.4, -0.2) is 35.4 Å². The topological polar surface area (TPSA) is 77.9 Å². The molecule has 4 rings (SSSR count). The number of aromatic nitrogens is 1. The summed E-state index contributed by atoms with van der Waals surface area (Å²) in [6.07, 6.45) is 2.87. The number of carbonyl (C=O) groups excluding carboxylic acids is 1. The van der Waals surface area contributed by atoms with Crippen LogP contribution in [-0.2, 0) is 9.53 Å². The second-order valence-corrected chi connectivity index (χ2v) is 8.17. The van der Waals surface area contributed by atoms with Crippen LogP contribution in [0, 0.1) is 0 Å². The Morgan fingerprint density at radius 2 is 1.94 bits per heavy atom. The molecule has 32 heavy (non-hydrogen) atoms. The van der Waals surface area contributed by atoms with Gasteiger partial charge in [0.1, 0.15) is 23.4 Å². The van der Waals surface area contributed by atoms with E-state index in [1.807, 2.05) is 54.6 Å². The van der Waals surface area contributed by atoms with E-state index < -0.39 is 18.2 Å². The van der Waals surface area contributed by atoms with Crippen molar-refractivity contribution >= 4 is 22.9 Å². The maximum absolute atomic E-state index is 11.8. The molecule has 2 atom stereocenters. The fourth-order valence-corrected chi connectivity index (χ4v) is 3.82. The summed E-state index contributed by atoms with van der Waals surface area (Å²) in [5.74, 6) is 1.78. The highest BCUT2D eigenvalue weighted by molar-refractivity contribution is 5.91. The highest BCUT2D eigenvalue weighted by Gasteiger charge is 2.26. The molecule has 6 heteroatoms. The van der Waals surface area contributed by atoms with E-state index >= 15 is 0 Å². The Balaban J connectivity index is 1.87. The van der Waals surface area contributed by atoms with Gasteiger partial charge in [-0.15, -0.1) is 0 Å². The molecular formula is C26H27NO5. The minimum atomic E-state index is -0.700. The lowest BCUT2D eigenvalue weighted by molar-refractivity contribution is -0.156. The van der Waals surface area contributed by atoms with Crippen LogP contribution in [0.3, 0.4) is 0 Å². The molecule has 166 valence electrons. The first kappa shape index (κ1) is 21.8. The summed E-state index contributed by atoms with van der Waals surface area (Å²) in [4.78, 5) is 16.7. The molecule has 0 spiro atoms. The van der Waals surface area contributed by atoms with Crippen LogP contribution in [0.15, 0.2) is 54.6 Å². The largest absolute Gasteiger partial charge is 0.497 e. The van der Waals surface area contributed by atoms with Crippen molar-refractivity contribution in [2.75, 3.05) is 7.11 Å². The van der Waals surface area contributed by atoms with E-state index in [1.165, 1.54) is 0 Å². The maximum Gasteiger partial charge on any atom is 0.309 e. The average molecular weight is 434 g/mol. The number of nitrogens with zero attached hydrogens (tertiary/aromatic N) is 1. The Kier molecular flexibility index (Phi) is 6.42. The molecule has 2 heterocycles. The van der Waals surface area contributed by atoms with E-state index in [0.29, 0.717) is 23.7 Å². The second kappa shape index (κ2) is 9.40. The third-order valence-electron chi connectivity index (χ3n) is 5.39. The third-order valence-corrected chi connectivity index (χ3v) is 5.39. The first-order chi connectivity index (χ1) is 15.4. The maximum atomic E-state index is 11.8. The summed E-state index contributed by atoms with van der Waals surface area (Å²) in [6.45, 7) is 4.15. The molecule has 1 N–H and O–H groups in total. The Morgan fingerprint density at radius 3 is 2.62 bits per heavy atom. The average Bonchev–Trinajstić information content (AvgIpc) is 2.77. The standard InChI is InChI=1S/C26H27NO5/c1-16(2)25-21(11-9-20-13-17(28)14-24(29)31-20)26(32-18-7-5-4-6-8-18)22-15-19(30-3)10-12-23(22)27-25/h4-12,15-17,20,28H,13-14H2,1-3H3/b11-9+/t17-,20-/m1/s1. The number of hydrogen-bond acceptors (Lipinski definition) is 6. The van der Waals surface area contributed by atoms with Crippen molar-refractivity contribution in [1.82, 2.24) is 4.98 Å². The number of aliphatic hydroxyl groups excluding tert-OH is 1. The number of benzene rings is 2. The van der Waals surface area contributed by atoms with Gasteiger partial charge in [0.05, 0.1) is 30.8 Å². The number of fused-ring (bicyclic) bond motifs is 1. The van der Waals surface area contributed by atoms with Crippen molar-refractivity contribution in [2.24, 2.45) is 0 Å². The summed E-state index contributed by atoms with van der Waals surface area (Å²) in [5.41, 5.74) is 2.48. The molecule has 0 radical (unpaired) electrons. The van der Waals surface area contributed by atoms with Gasteiger partial charge in [0.2, 0.25) is 0 Å². The molecule has 6 nitrogen and oxygen atoms in total. The molecule has 3 aromatic rings. The summed E-state index contributed by atoms with van der Waals surface area (Å²) in [6, 6.07) is 15.3. The lowest BCUT2D eigenvalue weighted by Gasteiger charge is -2.24. The van der Waals surface area contributed by atoms with Gasteiger partial charge in [-0.3, -0.25) is 9.78 Å². The fraction of sp³-hybridized carbons (Fsp3) is 0.308. The number of rotatable bonds is 6. The van der Waals surface area contributed by atoms with Crippen LogP contribution in [0.2, 0.25) is 0 Å². The van der Waals surface area contributed by atoms with Crippen LogP contribution in [0.5, 0.6) is 17.2 Å². The monoisotopic (exact) mass is 433 g/mol. The molecule has 1 aliphatic rings. The number of esters is 1. The summed E-state index contributed by atoms with van der Waals surface area (Å²) in [7, 11) is 1.62. The zero-order valence-corrected chi connectivity index (χ0v) is 18.4. The summed E-state index contributed by atoms with van der Waals surface area (Å²) < 4.78 is 17.2.